The fraction of sp³-hybridized carbons (Fsp3) is 0.714. The monoisotopic (exact) mass is 298 g/mol. The van der Waals surface area contributed by atoms with Crippen molar-refractivity contribution in [3.8, 4) is 0 Å². The summed E-state index contributed by atoms with van der Waals surface area (Å²) in [5, 5.41) is 3.05. The zero-order chi connectivity index (χ0) is 14.6. The zero-order valence-electron chi connectivity index (χ0n) is 12.3. The van der Waals surface area contributed by atoms with E-state index in [2.05, 4.69) is 21.5 Å². The van der Waals surface area contributed by atoms with E-state index in [1.54, 1.807) is 18.4 Å². The lowest BCUT2D eigenvalue weighted by atomic mass is 9.95. The summed E-state index contributed by atoms with van der Waals surface area (Å²) in [6, 6.07) is 0. The topological polar surface area (TPSA) is 51.7 Å². The highest BCUT2D eigenvalue weighted by Crippen LogP contribution is 2.30. The van der Waals surface area contributed by atoms with Gasteiger partial charge < -0.3 is 14.4 Å². The molecule has 2 heterocycles. The zero-order valence-corrected chi connectivity index (χ0v) is 13.2. The maximum Gasteiger partial charge on any atom is 0.305 e. The van der Waals surface area contributed by atoms with Crippen LogP contribution in [0.4, 0.5) is 5.13 Å². The molecule has 112 valence electrons. The molecule has 1 atom stereocenters. The third kappa shape index (κ3) is 3.70. The van der Waals surface area contributed by atoms with Crippen LogP contribution >= 0.6 is 11.3 Å². The second-order valence-electron chi connectivity index (χ2n) is 5.38. The van der Waals surface area contributed by atoms with E-state index >= 15 is 0 Å². The minimum atomic E-state index is -0.190. The summed E-state index contributed by atoms with van der Waals surface area (Å²) in [6.45, 7) is 4.03. The predicted octanol–water partition coefficient (Wildman–Crippen LogP) is 2.25. The minimum absolute atomic E-state index is 0.0872. The third-order valence-corrected chi connectivity index (χ3v) is 4.73. The number of methoxy groups -OCH3 is 2. The predicted molar refractivity (Wildman–Crippen MR) is 79.3 cm³/mol. The molecular formula is C14H22N2O3S. The second kappa shape index (κ2) is 6.54. The molecule has 1 aliphatic rings. The molecule has 0 radical (unpaired) electrons. The van der Waals surface area contributed by atoms with Gasteiger partial charge in [-0.3, -0.25) is 4.79 Å². The summed E-state index contributed by atoms with van der Waals surface area (Å²) in [5.74, 6) is -0.190. The molecule has 0 spiro atoms. The average Bonchev–Trinajstić information content (AvgIpc) is 2.93. The molecule has 1 saturated heterocycles. The molecule has 1 aliphatic heterocycles. The highest BCUT2D eigenvalue weighted by atomic mass is 32.1. The van der Waals surface area contributed by atoms with Gasteiger partial charge in [-0.05, 0) is 19.8 Å². The quantitative estimate of drug-likeness (QED) is 0.780. The van der Waals surface area contributed by atoms with E-state index in [-0.39, 0.29) is 11.6 Å². The summed E-state index contributed by atoms with van der Waals surface area (Å²) in [4.78, 5) is 18.0. The number of carbonyl (C=O) groups excluding carboxylic acids is 1. The van der Waals surface area contributed by atoms with Crippen LogP contribution in [0.2, 0.25) is 0 Å². The Morgan fingerprint density at radius 2 is 2.35 bits per heavy atom. The van der Waals surface area contributed by atoms with Crippen LogP contribution in [0, 0.1) is 0 Å². The molecule has 0 aromatic carbocycles. The lowest BCUT2D eigenvalue weighted by Crippen LogP contribution is -2.47. The molecule has 5 nitrogen and oxygen atoms in total. The number of nitrogens with zero attached hydrogens (tertiary/aromatic N) is 2. The average molecular weight is 298 g/mol. The standard InChI is InChI=1S/C14H22N2O3S/c1-14(19-3)7-4-8-16(10-14)13-15-11(9-20-13)5-6-12(17)18-2/h9H,4-8,10H2,1-3H3. The van der Waals surface area contributed by atoms with Gasteiger partial charge in [0.15, 0.2) is 5.13 Å². The number of hydrogen-bond acceptors (Lipinski definition) is 6. The number of aryl methyl sites for hydroxylation is 1. The van der Waals surface area contributed by atoms with E-state index in [9.17, 15) is 4.79 Å². The van der Waals surface area contributed by atoms with Gasteiger partial charge in [0, 0.05) is 32.0 Å². The van der Waals surface area contributed by atoms with Gasteiger partial charge >= 0.3 is 5.97 Å². The number of hydrogen-bond donors (Lipinski definition) is 0. The van der Waals surface area contributed by atoms with Crippen LogP contribution in [0.3, 0.4) is 0 Å². The fourth-order valence-corrected chi connectivity index (χ4v) is 3.31. The Hall–Kier alpha value is -1.14. The first-order chi connectivity index (χ1) is 9.56. The van der Waals surface area contributed by atoms with Crippen LogP contribution in [0.25, 0.3) is 0 Å². The van der Waals surface area contributed by atoms with Crippen LogP contribution in [0.5, 0.6) is 0 Å². The van der Waals surface area contributed by atoms with Gasteiger partial charge in [-0.15, -0.1) is 11.3 Å². The maximum atomic E-state index is 11.1. The van der Waals surface area contributed by atoms with Crippen molar-refractivity contribution in [3.63, 3.8) is 0 Å². The van der Waals surface area contributed by atoms with Gasteiger partial charge in [0.05, 0.1) is 24.8 Å². The Morgan fingerprint density at radius 3 is 3.05 bits per heavy atom. The van der Waals surface area contributed by atoms with Crippen LogP contribution in [-0.2, 0) is 20.7 Å². The number of anilines is 1. The molecule has 0 N–H and O–H groups in total. The van der Waals surface area contributed by atoms with Crippen LogP contribution in [0.15, 0.2) is 5.38 Å². The Labute approximate surface area is 123 Å². The number of thiazole rings is 1. The van der Waals surface area contributed by atoms with Gasteiger partial charge in [0.2, 0.25) is 0 Å². The van der Waals surface area contributed by atoms with E-state index < -0.39 is 0 Å². The lowest BCUT2D eigenvalue weighted by molar-refractivity contribution is -0.140. The largest absolute Gasteiger partial charge is 0.469 e. The molecule has 0 bridgehead atoms. The van der Waals surface area contributed by atoms with Gasteiger partial charge in [0.1, 0.15) is 0 Å². The van der Waals surface area contributed by atoms with Crippen molar-refractivity contribution in [3.05, 3.63) is 11.1 Å². The third-order valence-electron chi connectivity index (χ3n) is 3.77. The normalized spacial score (nSPS) is 22.9. The van der Waals surface area contributed by atoms with Gasteiger partial charge in [-0.25, -0.2) is 4.98 Å². The molecule has 2 rings (SSSR count). The number of piperidine rings is 1. The molecule has 6 heteroatoms. The number of esters is 1. The number of carbonyl (C=O) groups is 1. The van der Waals surface area contributed by atoms with Crippen LogP contribution in [-0.4, -0.2) is 43.9 Å². The van der Waals surface area contributed by atoms with Crippen molar-refractivity contribution in [2.45, 2.75) is 38.2 Å². The molecule has 0 amide bonds. The Bertz CT molecular complexity index is 463. The van der Waals surface area contributed by atoms with Gasteiger partial charge in [0.25, 0.3) is 0 Å². The molecule has 0 aliphatic carbocycles. The molecule has 20 heavy (non-hydrogen) atoms. The van der Waals surface area contributed by atoms with E-state index in [4.69, 9.17) is 4.74 Å². The Kier molecular flexibility index (Phi) is 4.99. The molecule has 0 saturated carbocycles. The summed E-state index contributed by atoms with van der Waals surface area (Å²) in [7, 11) is 3.18. The summed E-state index contributed by atoms with van der Waals surface area (Å²) < 4.78 is 10.3. The number of ether oxygens (including phenoxy) is 2. The van der Waals surface area contributed by atoms with Gasteiger partial charge in [-0.2, -0.15) is 0 Å². The lowest BCUT2D eigenvalue weighted by Gasteiger charge is -2.39. The van der Waals surface area contributed by atoms with E-state index in [0.717, 1.165) is 36.8 Å². The van der Waals surface area contributed by atoms with Crippen molar-refractivity contribution in [2.75, 3.05) is 32.2 Å². The molecule has 1 aromatic heterocycles. The molecule has 1 fully saturated rings. The molecule has 1 unspecified atom stereocenters. The van der Waals surface area contributed by atoms with Crippen molar-refractivity contribution in [2.24, 2.45) is 0 Å². The van der Waals surface area contributed by atoms with Crippen molar-refractivity contribution >= 4 is 22.4 Å². The maximum absolute atomic E-state index is 11.1. The highest BCUT2D eigenvalue weighted by Gasteiger charge is 2.31. The SMILES string of the molecule is COC(=O)CCc1csc(N2CCCC(C)(OC)C2)n1. The first kappa shape index (κ1) is 15.3. The minimum Gasteiger partial charge on any atom is -0.469 e. The second-order valence-corrected chi connectivity index (χ2v) is 6.21. The van der Waals surface area contributed by atoms with Crippen molar-refractivity contribution in [1.29, 1.82) is 0 Å². The summed E-state index contributed by atoms with van der Waals surface area (Å²) in [6.07, 6.45) is 3.22. The van der Waals surface area contributed by atoms with Gasteiger partial charge in [-0.1, -0.05) is 0 Å². The first-order valence-corrected chi connectivity index (χ1v) is 7.75. The van der Waals surface area contributed by atoms with E-state index in [0.29, 0.717) is 12.8 Å². The first-order valence-electron chi connectivity index (χ1n) is 6.87. The molecular weight excluding hydrogens is 276 g/mol. The molecule has 1 aromatic rings. The van der Waals surface area contributed by atoms with Crippen molar-refractivity contribution < 1.29 is 14.3 Å². The Morgan fingerprint density at radius 1 is 1.55 bits per heavy atom. The highest BCUT2D eigenvalue weighted by molar-refractivity contribution is 7.13. The summed E-state index contributed by atoms with van der Waals surface area (Å²) in [5.41, 5.74) is 0.871. The number of rotatable bonds is 5. The smallest absolute Gasteiger partial charge is 0.305 e. The fourth-order valence-electron chi connectivity index (χ4n) is 2.42. The number of aromatic nitrogens is 1. The van der Waals surface area contributed by atoms with Crippen LogP contribution < -0.4 is 4.90 Å². The Balaban J connectivity index is 1.96. The van der Waals surface area contributed by atoms with E-state index in [1.165, 1.54) is 7.11 Å². The van der Waals surface area contributed by atoms with Crippen LogP contribution in [0.1, 0.15) is 31.9 Å². The summed E-state index contributed by atoms with van der Waals surface area (Å²) >= 11 is 1.63. The van der Waals surface area contributed by atoms with E-state index in [1.807, 2.05) is 5.38 Å². The van der Waals surface area contributed by atoms with Crippen molar-refractivity contribution in [1.82, 2.24) is 4.98 Å².